The van der Waals surface area contributed by atoms with Gasteiger partial charge in [0.15, 0.2) is 23.8 Å². The Morgan fingerprint density at radius 3 is 2.38 bits per heavy atom. The van der Waals surface area contributed by atoms with E-state index in [1.807, 2.05) is 0 Å². The van der Waals surface area contributed by atoms with E-state index in [4.69, 9.17) is 26.2 Å². The van der Waals surface area contributed by atoms with Gasteiger partial charge >= 0.3 is 0 Å². The fraction of sp³-hybridized carbons (Fsp3) is 0.333. The zero-order valence-electron chi connectivity index (χ0n) is 17.0. The number of nitrogens with zero attached hydrogens (tertiary/aromatic N) is 2. The summed E-state index contributed by atoms with van der Waals surface area (Å²) in [5, 5.41) is 42.8. The van der Waals surface area contributed by atoms with Gasteiger partial charge in [-0.1, -0.05) is 11.6 Å². The summed E-state index contributed by atoms with van der Waals surface area (Å²) in [5.41, 5.74) is 1.20. The van der Waals surface area contributed by atoms with Crippen LogP contribution in [-0.2, 0) is 0 Å². The summed E-state index contributed by atoms with van der Waals surface area (Å²) in [7, 11) is 1.40. The molecule has 0 spiro atoms. The Morgan fingerprint density at radius 1 is 1.03 bits per heavy atom. The summed E-state index contributed by atoms with van der Waals surface area (Å²) in [6.45, 7) is -1.72. The molecular formula is C21H23ClFN3O6. The summed E-state index contributed by atoms with van der Waals surface area (Å²) < 4.78 is 24.5. The van der Waals surface area contributed by atoms with Crippen molar-refractivity contribution in [3.8, 4) is 11.5 Å². The first kappa shape index (κ1) is 23.9. The number of alkyl halides is 1. The average Bonchev–Trinajstić information content (AvgIpc) is 2.82. The predicted molar refractivity (Wildman–Crippen MR) is 116 cm³/mol. The number of rotatable bonds is 10. The molecule has 0 fully saturated rings. The molecule has 5 N–H and O–H groups in total. The molecule has 3 rings (SSSR count). The van der Waals surface area contributed by atoms with Crippen molar-refractivity contribution in [1.82, 2.24) is 9.97 Å². The van der Waals surface area contributed by atoms with Crippen molar-refractivity contribution in [2.24, 2.45) is 0 Å². The number of hydrogen-bond acceptors (Lipinski definition) is 9. The minimum absolute atomic E-state index is 0.0980. The van der Waals surface area contributed by atoms with Crippen LogP contribution < -0.4 is 14.8 Å². The highest BCUT2D eigenvalue weighted by Gasteiger charge is 2.34. The van der Waals surface area contributed by atoms with Crippen LogP contribution in [0.3, 0.4) is 0 Å². The van der Waals surface area contributed by atoms with Crippen molar-refractivity contribution in [3.05, 3.63) is 47.7 Å². The molecule has 11 heteroatoms. The van der Waals surface area contributed by atoms with Gasteiger partial charge in [-0.15, -0.1) is 0 Å². The molecule has 0 saturated carbocycles. The molecule has 0 bridgehead atoms. The number of halogens is 2. The van der Waals surface area contributed by atoms with E-state index in [0.717, 1.165) is 5.69 Å². The number of anilines is 2. The highest BCUT2D eigenvalue weighted by atomic mass is 35.5. The Labute approximate surface area is 188 Å². The third kappa shape index (κ3) is 5.34. The van der Waals surface area contributed by atoms with Crippen LogP contribution in [0.5, 0.6) is 11.5 Å². The molecule has 172 valence electrons. The summed E-state index contributed by atoms with van der Waals surface area (Å²) in [5.74, 6) is 0.811. The van der Waals surface area contributed by atoms with Gasteiger partial charge < -0.3 is 35.2 Å². The van der Waals surface area contributed by atoms with Gasteiger partial charge in [0.25, 0.3) is 0 Å². The normalized spacial score (nSPS) is 15.1. The third-order valence-electron chi connectivity index (χ3n) is 4.76. The number of benzene rings is 2. The van der Waals surface area contributed by atoms with Crippen LogP contribution in [0.4, 0.5) is 15.9 Å². The summed E-state index contributed by atoms with van der Waals surface area (Å²) in [4.78, 5) is 8.47. The highest BCUT2D eigenvalue weighted by molar-refractivity contribution is 6.30. The first-order valence-corrected chi connectivity index (χ1v) is 9.99. The topological polar surface area (TPSA) is 137 Å². The van der Waals surface area contributed by atoms with Crippen LogP contribution in [0.2, 0.25) is 5.02 Å². The van der Waals surface area contributed by atoms with Crippen LogP contribution in [0.1, 0.15) is 0 Å². The monoisotopic (exact) mass is 467 g/mol. The Morgan fingerprint density at radius 2 is 1.75 bits per heavy atom. The summed E-state index contributed by atoms with van der Waals surface area (Å²) in [6.07, 6.45) is -5.92. The van der Waals surface area contributed by atoms with E-state index in [-0.39, 0.29) is 11.5 Å². The standard InChI is InChI=1S/C21H23ClFN3O6/c1-31-16-6-13-15(24-10-25-21(13)26-12-4-2-11(22)3-5-12)7-17(16)32-18(9-28)20(30)19(29)14(23)8-27/h2-7,10,14,18-20,27-30H,8-9H2,1H3,(H,24,25,26)/t14-,18-,19+,20+/m1/s1. The van der Waals surface area contributed by atoms with Crippen LogP contribution in [0.15, 0.2) is 42.7 Å². The average molecular weight is 468 g/mol. The van der Waals surface area contributed by atoms with Crippen molar-refractivity contribution in [3.63, 3.8) is 0 Å². The molecule has 0 aliphatic carbocycles. The fourth-order valence-electron chi connectivity index (χ4n) is 3.01. The third-order valence-corrected chi connectivity index (χ3v) is 5.01. The van der Waals surface area contributed by atoms with E-state index < -0.39 is 37.7 Å². The predicted octanol–water partition coefficient (Wildman–Crippen LogP) is 1.83. The van der Waals surface area contributed by atoms with E-state index in [2.05, 4.69) is 15.3 Å². The van der Waals surface area contributed by atoms with Crippen LogP contribution >= 0.6 is 11.6 Å². The second-order valence-electron chi connectivity index (χ2n) is 6.89. The molecule has 1 aromatic heterocycles. The van der Waals surface area contributed by atoms with Crippen molar-refractivity contribution in [2.75, 3.05) is 25.6 Å². The molecule has 0 amide bonds. The lowest BCUT2D eigenvalue weighted by atomic mass is 10.0. The quantitative estimate of drug-likeness (QED) is 0.302. The molecule has 0 unspecified atom stereocenters. The van der Waals surface area contributed by atoms with E-state index >= 15 is 0 Å². The molecule has 9 nitrogen and oxygen atoms in total. The van der Waals surface area contributed by atoms with Crippen LogP contribution in [0, 0.1) is 0 Å². The molecule has 32 heavy (non-hydrogen) atoms. The van der Waals surface area contributed by atoms with Crippen molar-refractivity contribution >= 4 is 34.0 Å². The Bertz CT molecular complexity index is 1040. The maximum absolute atomic E-state index is 13.6. The first-order chi connectivity index (χ1) is 15.4. The number of ether oxygens (including phenoxy) is 2. The Balaban J connectivity index is 1.92. The second-order valence-corrected chi connectivity index (χ2v) is 7.33. The van der Waals surface area contributed by atoms with Crippen LogP contribution in [-0.4, -0.2) is 75.2 Å². The van der Waals surface area contributed by atoms with E-state index in [1.54, 1.807) is 30.3 Å². The Hall–Kier alpha value is -2.76. The maximum Gasteiger partial charge on any atom is 0.164 e. The lowest BCUT2D eigenvalue weighted by Gasteiger charge is -2.28. The first-order valence-electron chi connectivity index (χ1n) is 9.61. The number of aromatic nitrogens is 2. The zero-order chi connectivity index (χ0) is 23.3. The second kappa shape index (κ2) is 10.7. The molecule has 3 aromatic rings. The van der Waals surface area contributed by atoms with Crippen molar-refractivity contribution < 1.29 is 34.3 Å². The number of aliphatic hydroxyl groups excluding tert-OH is 4. The smallest absolute Gasteiger partial charge is 0.164 e. The van der Waals surface area contributed by atoms with Crippen LogP contribution in [0.25, 0.3) is 10.9 Å². The van der Waals surface area contributed by atoms with Gasteiger partial charge in [0.2, 0.25) is 0 Å². The van der Waals surface area contributed by atoms with E-state index in [0.29, 0.717) is 21.7 Å². The molecule has 0 radical (unpaired) electrons. The highest BCUT2D eigenvalue weighted by Crippen LogP contribution is 2.35. The molecule has 0 aliphatic heterocycles. The lowest BCUT2D eigenvalue weighted by Crippen LogP contribution is -2.48. The molecule has 0 saturated heterocycles. The van der Waals surface area contributed by atoms with Gasteiger partial charge in [0.05, 0.1) is 25.8 Å². The van der Waals surface area contributed by atoms with Gasteiger partial charge in [0.1, 0.15) is 24.4 Å². The van der Waals surface area contributed by atoms with E-state index in [1.165, 1.54) is 19.5 Å². The number of fused-ring (bicyclic) bond motifs is 1. The molecular weight excluding hydrogens is 445 g/mol. The Kier molecular flexibility index (Phi) is 7.99. The summed E-state index contributed by atoms with van der Waals surface area (Å²) >= 11 is 5.92. The minimum Gasteiger partial charge on any atom is -0.493 e. The van der Waals surface area contributed by atoms with Gasteiger partial charge in [-0.2, -0.15) is 0 Å². The fourth-order valence-corrected chi connectivity index (χ4v) is 3.13. The number of hydrogen-bond donors (Lipinski definition) is 5. The molecule has 0 aliphatic rings. The molecule has 2 aromatic carbocycles. The SMILES string of the molecule is COc1cc2c(Nc3ccc(Cl)cc3)ncnc2cc1O[C@H](CO)[C@H](O)[C@@H](O)[C@H](F)CO. The summed E-state index contributed by atoms with van der Waals surface area (Å²) in [6, 6.07) is 10.1. The number of methoxy groups -OCH3 is 1. The minimum atomic E-state index is -2.10. The largest absolute Gasteiger partial charge is 0.493 e. The van der Waals surface area contributed by atoms with Gasteiger partial charge in [-0.25, -0.2) is 14.4 Å². The van der Waals surface area contributed by atoms with Gasteiger partial charge in [-0.3, -0.25) is 0 Å². The van der Waals surface area contributed by atoms with E-state index in [9.17, 15) is 19.7 Å². The maximum atomic E-state index is 13.6. The van der Waals surface area contributed by atoms with Crippen molar-refractivity contribution in [1.29, 1.82) is 0 Å². The van der Waals surface area contributed by atoms with Crippen molar-refractivity contribution in [2.45, 2.75) is 24.5 Å². The number of aliphatic hydroxyl groups is 4. The zero-order valence-corrected chi connectivity index (χ0v) is 17.8. The molecule has 1 heterocycles. The number of nitrogens with one attached hydrogen (secondary N) is 1. The van der Waals surface area contributed by atoms with Gasteiger partial charge in [-0.05, 0) is 30.3 Å². The lowest BCUT2D eigenvalue weighted by molar-refractivity contribution is -0.0981. The molecule has 4 atom stereocenters. The van der Waals surface area contributed by atoms with Gasteiger partial charge in [0, 0.05) is 22.2 Å².